The van der Waals surface area contributed by atoms with Gasteiger partial charge in [-0.25, -0.2) is 4.99 Å². The number of nitrogens with zero attached hydrogens (tertiary/aromatic N) is 2. The Bertz CT molecular complexity index is 175. The molecule has 5 heteroatoms. The van der Waals surface area contributed by atoms with Crippen LogP contribution in [0, 0.1) is 6.20 Å². The number of halogens is 3. The maximum atomic E-state index is 5.49. The predicted octanol–water partition coefficient (Wildman–Crippen LogP) is 1.93. The summed E-state index contributed by atoms with van der Waals surface area (Å²) in [5.74, 6) is 0. The summed E-state index contributed by atoms with van der Waals surface area (Å²) < 4.78 is 1.21. The van der Waals surface area contributed by atoms with E-state index in [4.69, 9.17) is 35.0 Å². The third-order valence-corrected chi connectivity index (χ3v) is 1.61. The summed E-state index contributed by atoms with van der Waals surface area (Å²) in [6, 6.07) is 0. The van der Waals surface area contributed by atoms with Gasteiger partial charge in [0.25, 0.3) is 0 Å². The fourth-order valence-corrected chi connectivity index (χ4v) is 0.866. The van der Waals surface area contributed by atoms with Gasteiger partial charge in [-0.15, -0.1) is 0 Å². The van der Waals surface area contributed by atoms with Crippen molar-refractivity contribution in [1.82, 2.24) is 4.42 Å². The van der Waals surface area contributed by atoms with E-state index in [-0.39, 0.29) is 5.29 Å². The van der Waals surface area contributed by atoms with E-state index in [0.717, 1.165) is 0 Å². The van der Waals surface area contributed by atoms with Crippen LogP contribution in [0.4, 0.5) is 0 Å². The number of rotatable bonds is 0. The molecular weight excluding hydrogens is 182 g/mol. The molecule has 1 radical (unpaired) electrons. The molecule has 2 nitrogen and oxygen atoms in total. The third kappa shape index (κ3) is 1.75. The average molecular weight is 184 g/mol. The molecule has 0 saturated carbocycles. The average Bonchev–Trinajstić information content (AvgIpc) is 1.80. The van der Waals surface area contributed by atoms with Gasteiger partial charge in [0.15, 0.2) is 0 Å². The fraction of sp³-hybridized carbons (Fsp3) is 0.250. The summed E-state index contributed by atoms with van der Waals surface area (Å²) in [7, 11) is 0. The normalized spacial score (nSPS) is 19.2. The van der Waals surface area contributed by atoms with Crippen molar-refractivity contribution in [3.8, 4) is 0 Å². The van der Waals surface area contributed by atoms with Gasteiger partial charge in [-0.1, -0.05) is 11.6 Å². The lowest BCUT2D eigenvalue weighted by molar-refractivity contribution is 0.726. The zero-order valence-corrected chi connectivity index (χ0v) is 6.50. The first-order chi connectivity index (χ1) is 4.20. The SMILES string of the molecule is ClC1=[C]N=C(Cl)N(Cl)C1. The van der Waals surface area contributed by atoms with Gasteiger partial charge >= 0.3 is 0 Å². The maximum absolute atomic E-state index is 5.49. The van der Waals surface area contributed by atoms with Gasteiger partial charge in [-0.05, 0) is 11.6 Å². The van der Waals surface area contributed by atoms with Crippen molar-refractivity contribution in [3.05, 3.63) is 11.2 Å². The first-order valence-electron chi connectivity index (χ1n) is 2.14. The van der Waals surface area contributed by atoms with Gasteiger partial charge in [0.1, 0.15) is 6.20 Å². The second-order valence-corrected chi connectivity index (χ2v) is 2.62. The number of aliphatic imine (C=N–C) groups is 1. The largest absolute Gasteiger partial charge is 0.254 e. The van der Waals surface area contributed by atoms with Gasteiger partial charge in [0, 0.05) is 11.8 Å². The second kappa shape index (κ2) is 2.78. The van der Waals surface area contributed by atoms with Crippen LogP contribution in [-0.4, -0.2) is 16.3 Å². The summed E-state index contributed by atoms with van der Waals surface area (Å²) in [6.07, 6.45) is 2.47. The lowest BCUT2D eigenvalue weighted by Gasteiger charge is -2.14. The minimum absolute atomic E-state index is 0.195. The quantitative estimate of drug-likeness (QED) is 0.415. The van der Waals surface area contributed by atoms with Crippen molar-refractivity contribution >= 4 is 40.3 Å². The molecule has 0 unspecified atom stereocenters. The zero-order valence-electron chi connectivity index (χ0n) is 4.24. The van der Waals surface area contributed by atoms with E-state index in [9.17, 15) is 0 Å². The molecular formula is C4H2Cl3N2. The van der Waals surface area contributed by atoms with Crippen molar-refractivity contribution < 1.29 is 0 Å². The first-order valence-corrected chi connectivity index (χ1v) is 3.23. The van der Waals surface area contributed by atoms with Crippen LogP contribution in [0.1, 0.15) is 0 Å². The van der Waals surface area contributed by atoms with E-state index in [1.54, 1.807) is 0 Å². The van der Waals surface area contributed by atoms with Crippen LogP contribution in [0.15, 0.2) is 10.0 Å². The highest BCUT2D eigenvalue weighted by Gasteiger charge is 2.11. The van der Waals surface area contributed by atoms with Gasteiger partial charge in [0.2, 0.25) is 5.29 Å². The Kier molecular flexibility index (Phi) is 2.22. The zero-order chi connectivity index (χ0) is 6.85. The molecule has 0 aromatic heterocycles. The molecule has 1 aliphatic rings. The van der Waals surface area contributed by atoms with E-state index in [2.05, 4.69) is 11.2 Å². The Morgan fingerprint density at radius 2 is 2.22 bits per heavy atom. The lowest BCUT2D eigenvalue weighted by Crippen LogP contribution is -2.20. The van der Waals surface area contributed by atoms with Crippen LogP contribution in [-0.2, 0) is 0 Å². The first kappa shape index (κ1) is 7.19. The lowest BCUT2D eigenvalue weighted by atomic mass is 10.5. The second-order valence-electron chi connectivity index (χ2n) is 1.42. The van der Waals surface area contributed by atoms with Crippen molar-refractivity contribution in [2.75, 3.05) is 6.54 Å². The summed E-state index contributed by atoms with van der Waals surface area (Å²) in [5, 5.41) is 0.649. The Balaban J connectivity index is 2.74. The molecule has 0 amide bonds. The van der Waals surface area contributed by atoms with E-state index in [1.807, 2.05) is 0 Å². The summed E-state index contributed by atoms with van der Waals surface area (Å²) in [4.78, 5) is 3.55. The van der Waals surface area contributed by atoms with E-state index in [1.165, 1.54) is 4.42 Å². The summed E-state index contributed by atoms with van der Waals surface area (Å²) in [5.41, 5.74) is 0. The third-order valence-electron chi connectivity index (χ3n) is 0.747. The van der Waals surface area contributed by atoms with Crippen LogP contribution in [0.25, 0.3) is 0 Å². The fourth-order valence-electron chi connectivity index (χ4n) is 0.384. The molecule has 0 saturated heterocycles. The molecule has 0 aliphatic carbocycles. The summed E-state index contributed by atoms with van der Waals surface area (Å²) in [6.45, 7) is 0.367. The Hall–Kier alpha value is 0.0800. The molecule has 1 heterocycles. The molecule has 49 valence electrons. The summed E-state index contributed by atoms with van der Waals surface area (Å²) >= 11 is 16.4. The number of amidine groups is 1. The molecule has 0 bridgehead atoms. The monoisotopic (exact) mass is 183 g/mol. The predicted molar refractivity (Wildman–Crippen MR) is 38.5 cm³/mol. The van der Waals surface area contributed by atoms with E-state index < -0.39 is 0 Å². The van der Waals surface area contributed by atoms with Crippen LogP contribution < -0.4 is 0 Å². The standard InChI is InChI=1S/C4H2Cl3N2/c5-3-1-8-4(6)9(7)2-3/h2H2. The van der Waals surface area contributed by atoms with Crippen LogP contribution in [0.5, 0.6) is 0 Å². The molecule has 0 atom stereocenters. The molecule has 9 heavy (non-hydrogen) atoms. The van der Waals surface area contributed by atoms with Crippen molar-refractivity contribution in [2.45, 2.75) is 0 Å². The van der Waals surface area contributed by atoms with Gasteiger partial charge in [-0.3, -0.25) is 4.42 Å². The Labute approximate surface area is 67.8 Å². The van der Waals surface area contributed by atoms with Gasteiger partial charge < -0.3 is 0 Å². The van der Waals surface area contributed by atoms with Crippen molar-refractivity contribution in [2.24, 2.45) is 4.99 Å². The van der Waals surface area contributed by atoms with Crippen LogP contribution in [0.3, 0.4) is 0 Å². The van der Waals surface area contributed by atoms with Crippen molar-refractivity contribution in [3.63, 3.8) is 0 Å². The number of hydrogen-bond donors (Lipinski definition) is 0. The van der Waals surface area contributed by atoms with Gasteiger partial charge in [-0.2, -0.15) is 0 Å². The van der Waals surface area contributed by atoms with E-state index >= 15 is 0 Å². The highest BCUT2D eigenvalue weighted by Crippen LogP contribution is 2.14. The van der Waals surface area contributed by atoms with Gasteiger partial charge in [0.05, 0.1) is 11.6 Å². The molecule has 0 aromatic rings. The van der Waals surface area contributed by atoms with Crippen LogP contribution in [0.2, 0.25) is 0 Å². The Morgan fingerprint density at radius 3 is 2.67 bits per heavy atom. The highest BCUT2D eigenvalue weighted by atomic mass is 35.5. The maximum Gasteiger partial charge on any atom is 0.214 e. The molecule has 1 rings (SSSR count). The molecule has 0 N–H and O–H groups in total. The molecule has 1 aliphatic heterocycles. The highest BCUT2D eigenvalue weighted by molar-refractivity contribution is 6.67. The molecule has 0 aromatic carbocycles. The molecule has 0 spiro atoms. The number of hydrogen-bond acceptors (Lipinski definition) is 2. The minimum atomic E-state index is 0.195. The molecule has 0 fully saturated rings. The minimum Gasteiger partial charge on any atom is -0.254 e. The van der Waals surface area contributed by atoms with E-state index in [0.29, 0.717) is 11.6 Å². The topological polar surface area (TPSA) is 15.6 Å². The van der Waals surface area contributed by atoms with Crippen molar-refractivity contribution in [1.29, 1.82) is 0 Å². The van der Waals surface area contributed by atoms with Crippen LogP contribution >= 0.6 is 35.0 Å². The Morgan fingerprint density at radius 1 is 1.56 bits per heavy atom. The smallest absolute Gasteiger partial charge is 0.214 e.